The van der Waals surface area contributed by atoms with Gasteiger partial charge in [-0.3, -0.25) is 9.78 Å². The fourth-order valence-corrected chi connectivity index (χ4v) is 4.29. The van der Waals surface area contributed by atoms with Crippen molar-refractivity contribution in [2.75, 3.05) is 10.6 Å². The molecular formula is C24H32ClFN6O3. The van der Waals surface area contributed by atoms with Gasteiger partial charge in [-0.2, -0.15) is 0 Å². The third kappa shape index (κ3) is 7.24. The van der Waals surface area contributed by atoms with Crippen molar-refractivity contribution in [1.82, 2.24) is 19.9 Å². The predicted octanol–water partition coefficient (Wildman–Crippen LogP) is 5.17. The summed E-state index contributed by atoms with van der Waals surface area (Å²) in [5.74, 6) is -0.567. The third-order valence-corrected chi connectivity index (χ3v) is 5.97. The molecule has 2 N–H and O–H groups in total. The molecule has 0 spiro atoms. The number of nitrogens with one attached hydrogen (secondary N) is 2. The molecule has 11 heteroatoms. The van der Waals surface area contributed by atoms with Gasteiger partial charge in [-0.1, -0.05) is 18.5 Å². The number of hydrogen-bond donors (Lipinski definition) is 2. The number of hydrogen-bond acceptors (Lipinski definition) is 7. The van der Waals surface area contributed by atoms with Crippen LogP contribution in [0.4, 0.5) is 20.7 Å². The predicted molar refractivity (Wildman–Crippen MR) is 132 cm³/mol. The monoisotopic (exact) mass is 506 g/mol. The van der Waals surface area contributed by atoms with Crippen LogP contribution >= 0.6 is 11.6 Å². The molecule has 9 nitrogen and oxygen atoms in total. The molecule has 2 aromatic rings. The Morgan fingerprint density at radius 2 is 1.97 bits per heavy atom. The van der Waals surface area contributed by atoms with E-state index in [-0.39, 0.29) is 53.3 Å². The van der Waals surface area contributed by atoms with E-state index in [4.69, 9.17) is 16.3 Å². The van der Waals surface area contributed by atoms with Gasteiger partial charge in [0.25, 0.3) is 0 Å². The summed E-state index contributed by atoms with van der Waals surface area (Å²) in [6, 6.07) is 2.50. The van der Waals surface area contributed by atoms with E-state index in [0.717, 1.165) is 19.3 Å². The SMILES string of the molecule is CCC1CCCC(CC(=O)Nc2c(Cl)ncnc2NCc2ncccc2F)N1C(=O)OC(C)(C)C. The van der Waals surface area contributed by atoms with Crippen molar-refractivity contribution < 1.29 is 18.7 Å². The van der Waals surface area contributed by atoms with Crippen LogP contribution in [0, 0.1) is 5.82 Å². The average Bonchev–Trinajstić information content (AvgIpc) is 2.79. The Labute approximate surface area is 209 Å². The number of halogens is 2. The van der Waals surface area contributed by atoms with Gasteiger partial charge in [-0.15, -0.1) is 0 Å². The summed E-state index contributed by atoms with van der Waals surface area (Å²) in [6.07, 6.45) is 5.61. The molecule has 0 saturated carbocycles. The van der Waals surface area contributed by atoms with E-state index in [1.807, 2.05) is 27.7 Å². The lowest BCUT2D eigenvalue weighted by molar-refractivity contribution is -0.117. The first-order chi connectivity index (χ1) is 16.6. The van der Waals surface area contributed by atoms with Crippen LogP contribution < -0.4 is 10.6 Å². The van der Waals surface area contributed by atoms with E-state index in [1.165, 1.54) is 24.7 Å². The Morgan fingerprint density at radius 3 is 2.66 bits per heavy atom. The standard InChI is InChI=1S/C24H32ClFN6O3/c1-5-15-8-6-9-16(32(15)23(34)35-24(2,3)4)12-19(33)31-20-21(25)29-14-30-22(20)28-13-18-17(26)10-7-11-27-18/h7,10-11,14-16H,5-6,8-9,12-13H2,1-4H3,(H,31,33)(H,28,29,30). The Hall–Kier alpha value is -3.01. The molecule has 2 unspecified atom stereocenters. The Bertz CT molecular complexity index is 1050. The third-order valence-electron chi connectivity index (χ3n) is 5.68. The van der Waals surface area contributed by atoms with Crippen molar-refractivity contribution in [3.63, 3.8) is 0 Å². The second kappa shape index (κ2) is 11.6. The average molecular weight is 507 g/mol. The van der Waals surface area contributed by atoms with Crippen molar-refractivity contribution >= 4 is 35.1 Å². The molecule has 3 heterocycles. The Kier molecular flexibility index (Phi) is 8.82. The normalized spacial score (nSPS) is 18.2. The van der Waals surface area contributed by atoms with Crippen molar-refractivity contribution in [1.29, 1.82) is 0 Å². The number of likely N-dealkylation sites (tertiary alicyclic amines) is 1. The van der Waals surface area contributed by atoms with Gasteiger partial charge >= 0.3 is 6.09 Å². The van der Waals surface area contributed by atoms with E-state index in [1.54, 1.807) is 4.90 Å². The number of pyridine rings is 1. The maximum Gasteiger partial charge on any atom is 0.410 e. The smallest absolute Gasteiger partial charge is 0.410 e. The number of aromatic nitrogens is 3. The summed E-state index contributed by atoms with van der Waals surface area (Å²) >= 11 is 6.25. The molecule has 0 bridgehead atoms. The molecule has 2 amide bonds. The summed E-state index contributed by atoms with van der Waals surface area (Å²) in [7, 11) is 0. The fraction of sp³-hybridized carbons (Fsp3) is 0.542. The second-order valence-corrected chi connectivity index (χ2v) is 9.82. The lowest BCUT2D eigenvalue weighted by Gasteiger charge is -2.42. The minimum atomic E-state index is -0.637. The van der Waals surface area contributed by atoms with E-state index in [2.05, 4.69) is 25.6 Å². The van der Waals surface area contributed by atoms with Crippen LogP contribution in [0.5, 0.6) is 0 Å². The highest BCUT2D eigenvalue weighted by Crippen LogP contribution is 2.31. The number of nitrogens with zero attached hydrogens (tertiary/aromatic N) is 4. The first-order valence-corrected chi connectivity index (χ1v) is 12.1. The van der Waals surface area contributed by atoms with Gasteiger partial charge in [-0.05, 0) is 58.6 Å². The van der Waals surface area contributed by atoms with Crippen molar-refractivity contribution in [3.8, 4) is 0 Å². The van der Waals surface area contributed by atoms with Gasteiger partial charge in [-0.25, -0.2) is 19.2 Å². The molecule has 1 fully saturated rings. The molecule has 1 aliphatic rings. The van der Waals surface area contributed by atoms with Crippen molar-refractivity contribution in [2.24, 2.45) is 0 Å². The molecule has 2 atom stereocenters. The van der Waals surface area contributed by atoms with Crippen molar-refractivity contribution in [2.45, 2.75) is 84.0 Å². The zero-order valence-corrected chi connectivity index (χ0v) is 21.2. The molecule has 2 aromatic heterocycles. The summed E-state index contributed by atoms with van der Waals surface area (Å²) in [5.41, 5.74) is -0.259. The van der Waals surface area contributed by atoms with Crippen LogP contribution in [0.1, 0.15) is 65.5 Å². The molecule has 35 heavy (non-hydrogen) atoms. The highest BCUT2D eigenvalue weighted by atomic mass is 35.5. The second-order valence-electron chi connectivity index (χ2n) is 9.46. The van der Waals surface area contributed by atoms with E-state index in [0.29, 0.717) is 6.42 Å². The Balaban J connectivity index is 1.73. The summed E-state index contributed by atoms with van der Waals surface area (Å²) in [4.78, 5) is 39.8. The van der Waals surface area contributed by atoms with Gasteiger partial charge in [0.15, 0.2) is 11.0 Å². The lowest BCUT2D eigenvalue weighted by Crippen LogP contribution is -2.52. The molecular weight excluding hydrogens is 475 g/mol. The number of amides is 2. The maximum absolute atomic E-state index is 13.9. The van der Waals surface area contributed by atoms with E-state index >= 15 is 0 Å². The highest BCUT2D eigenvalue weighted by molar-refractivity contribution is 6.33. The molecule has 1 saturated heterocycles. The molecule has 0 aliphatic carbocycles. The van der Waals surface area contributed by atoms with Crippen LogP contribution in [0.3, 0.4) is 0 Å². The quantitative estimate of drug-likeness (QED) is 0.498. The number of piperidine rings is 1. The summed E-state index contributed by atoms with van der Waals surface area (Å²) in [6.45, 7) is 7.52. The Morgan fingerprint density at radius 1 is 1.23 bits per heavy atom. The lowest BCUT2D eigenvalue weighted by atomic mass is 9.92. The minimum Gasteiger partial charge on any atom is -0.444 e. The number of anilines is 2. The van der Waals surface area contributed by atoms with Crippen molar-refractivity contribution in [3.05, 3.63) is 41.3 Å². The van der Waals surface area contributed by atoms with Gasteiger partial charge in [0, 0.05) is 24.7 Å². The number of carbonyl (C=O) groups is 2. The molecule has 0 radical (unpaired) electrons. The van der Waals surface area contributed by atoms with E-state index in [9.17, 15) is 14.0 Å². The number of carbonyl (C=O) groups excluding carboxylic acids is 2. The van der Waals surface area contributed by atoms with Crippen LogP contribution in [0.25, 0.3) is 0 Å². The first-order valence-electron chi connectivity index (χ1n) is 11.7. The fourth-order valence-electron chi connectivity index (χ4n) is 4.11. The number of rotatable bonds is 7. The van der Waals surface area contributed by atoms with Crippen LogP contribution in [0.2, 0.25) is 5.15 Å². The zero-order chi connectivity index (χ0) is 25.6. The summed E-state index contributed by atoms with van der Waals surface area (Å²) < 4.78 is 19.6. The van der Waals surface area contributed by atoms with Crippen LogP contribution in [-0.2, 0) is 16.1 Å². The van der Waals surface area contributed by atoms with Crippen LogP contribution in [-0.4, -0.2) is 49.5 Å². The van der Waals surface area contributed by atoms with E-state index < -0.39 is 17.5 Å². The van der Waals surface area contributed by atoms with Gasteiger partial charge in [0.05, 0.1) is 12.2 Å². The summed E-state index contributed by atoms with van der Waals surface area (Å²) in [5, 5.41) is 5.76. The minimum absolute atomic E-state index is 0.00513. The largest absolute Gasteiger partial charge is 0.444 e. The zero-order valence-electron chi connectivity index (χ0n) is 20.5. The number of ether oxygens (including phenoxy) is 1. The maximum atomic E-state index is 13.9. The molecule has 3 rings (SSSR count). The topological polar surface area (TPSA) is 109 Å². The molecule has 0 aromatic carbocycles. The highest BCUT2D eigenvalue weighted by Gasteiger charge is 2.37. The van der Waals surface area contributed by atoms with Gasteiger partial charge in [0.1, 0.15) is 23.4 Å². The van der Waals surface area contributed by atoms with Gasteiger partial charge in [0.2, 0.25) is 5.91 Å². The first kappa shape index (κ1) is 26.6. The molecule has 1 aliphatic heterocycles. The van der Waals surface area contributed by atoms with Gasteiger partial charge < -0.3 is 20.3 Å². The van der Waals surface area contributed by atoms with Crippen LogP contribution in [0.15, 0.2) is 24.7 Å². The molecule has 190 valence electrons.